The summed E-state index contributed by atoms with van der Waals surface area (Å²) in [5.41, 5.74) is 5.70. The molecule has 1 aliphatic rings. The van der Waals surface area contributed by atoms with Gasteiger partial charge in [0.1, 0.15) is 0 Å². The van der Waals surface area contributed by atoms with Crippen LogP contribution < -0.4 is 15.8 Å². The fraction of sp³-hybridized carbons (Fsp3) is 0.769. The van der Waals surface area contributed by atoms with Crippen molar-refractivity contribution < 1.29 is 4.74 Å². The minimum absolute atomic E-state index is 0.189. The summed E-state index contributed by atoms with van der Waals surface area (Å²) in [5.74, 6) is 0.694. The van der Waals surface area contributed by atoms with Gasteiger partial charge < -0.3 is 20.7 Å². The van der Waals surface area contributed by atoms with Crippen LogP contribution in [0.3, 0.4) is 0 Å². The van der Waals surface area contributed by atoms with Gasteiger partial charge in [-0.25, -0.2) is 0 Å². The predicted octanol–water partition coefficient (Wildman–Crippen LogP) is 1.14. The first kappa shape index (κ1) is 14.8. The molecule has 2 atom stereocenters. The lowest BCUT2D eigenvalue weighted by molar-refractivity contribution is 0.189. The maximum Gasteiger partial charge on any atom is 0.323 e. The quantitative estimate of drug-likeness (QED) is 0.835. The minimum Gasteiger partial charge on any atom is -0.463 e. The van der Waals surface area contributed by atoms with Crippen LogP contribution in [-0.2, 0) is 0 Å². The van der Waals surface area contributed by atoms with E-state index in [4.69, 9.17) is 10.5 Å². The summed E-state index contributed by atoms with van der Waals surface area (Å²) in [4.78, 5) is 14.7. The lowest BCUT2D eigenvalue weighted by Crippen LogP contribution is -2.42. The largest absolute Gasteiger partial charge is 0.463 e. The Morgan fingerprint density at radius 1 is 1.40 bits per heavy atom. The van der Waals surface area contributed by atoms with Gasteiger partial charge in [0.25, 0.3) is 0 Å². The molecule has 1 aromatic rings. The monoisotopic (exact) mass is 280 g/mol. The molecule has 1 aliphatic heterocycles. The smallest absolute Gasteiger partial charge is 0.323 e. The van der Waals surface area contributed by atoms with Crippen molar-refractivity contribution in [2.45, 2.75) is 45.2 Å². The van der Waals surface area contributed by atoms with Gasteiger partial charge in [0.2, 0.25) is 11.9 Å². The predicted molar refractivity (Wildman–Crippen MR) is 78.8 cm³/mol. The van der Waals surface area contributed by atoms with Gasteiger partial charge in [-0.05, 0) is 33.2 Å². The van der Waals surface area contributed by atoms with Crippen LogP contribution in [0.2, 0.25) is 0 Å². The van der Waals surface area contributed by atoms with E-state index < -0.39 is 0 Å². The van der Waals surface area contributed by atoms with Crippen LogP contribution in [0.5, 0.6) is 6.01 Å². The molecule has 2 rings (SSSR count). The molecule has 2 unspecified atom stereocenters. The van der Waals surface area contributed by atoms with Crippen molar-refractivity contribution in [3.05, 3.63) is 0 Å². The Bertz CT molecular complexity index is 441. The van der Waals surface area contributed by atoms with Gasteiger partial charge in [-0.3, -0.25) is 0 Å². The Morgan fingerprint density at radius 2 is 2.20 bits per heavy atom. The maximum atomic E-state index is 5.70. The Kier molecular flexibility index (Phi) is 4.94. The summed E-state index contributed by atoms with van der Waals surface area (Å²) < 4.78 is 5.41. The summed E-state index contributed by atoms with van der Waals surface area (Å²) in [6.45, 7) is 5.90. The first-order valence-corrected chi connectivity index (χ1v) is 7.19. The van der Waals surface area contributed by atoms with Gasteiger partial charge in [0, 0.05) is 18.6 Å². The molecule has 1 fully saturated rings. The number of nitrogens with one attached hydrogen (secondary N) is 1. The molecule has 0 saturated carbocycles. The summed E-state index contributed by atoms with van der Waals surface area (Å²) in [7, 11) is 2.15. The highest BCUT2D eigenvalue weighted by atomic mass is 16.5. The number of hydrogen-bond acceptors (Lipinski definition) is 7. The molecule has 7 nitrogen and oxygen atoms in total. The number of nitrogen functional groups attached to an aromatic ring is 1. The molecule has 0 radical (unpaired) electrons. The van der Waals surface area contributed by atoms with Crippen LogP contribution in [0.1, 0.15) is 33.1 Å². The van der Waals surface area contributed by atoms with Crippen LogP contribution >= 0.6 is 0 Å². The number of piperidine rings is 1. The highest BCUT2D eigenvalue weighted by Crippen LogP contribution is 2.19. The van der Waals surface area contributed by atoms with Crippen LogP contribution in [0.4, 0.5) is 11.9 Å². The van der Waals surface area contributed by atoms with Crippen molar-refractivity contribution >= 4 is 11.9 Å². The topological polar surface area (TPSA) is 89.2 Å². The van der Waals surface area contributed by atoms with E-state index in [1.807, 2.05) is 6.92 Å². The molecule has 1 saturated heterocycles. The summed E-state index contributed by atoms with van der Waals surface area (Å²) in [6.07, 6.45) is 3.03. The second-order valence-electron chi connectivity index (χ2n) is 5.34. The van der Waals surface area contributed by atoms with Crippen LogP contribution in [-0.4, -0.2) is 52.1 Å². The van der Waals surface area contributed by atoms with E-state index in [0.717, 1.165) is 25.8 Å². The van der Waals surface area contributed by atoms with E-state index in [0.29, 0.717) is 30.6 Å². The number of aromatic nitrogens is 3. The van der Waals surface area contributed by atoms with Crippen molar-refractivity contribution in [2.75, 3.05) is 31.2 Å². The number of likely N-dealkylation sites (tertiary alicyclic amines) is 1. The molecule has 7 heteroatoms. The third-order valence-electron chi connectivity index (χ3n) is 3.61. The Morgan fingerprint density at radius 3 is 2.90 bits per heavy atom. The number of hydrogen-bond donors (Lipinski definition) is 2. The molecule has 112 valence electrons. The highest BCUT2D eigenvalue weighted by Gasteiger charge is 2.23. The van der Waals surface area contributed by atoms with Crippen molar-refractivity contribution in [2.24, 2.45) is 0 Å². The lowest BCUT2D eigenvalue weighted by atomic mass is 9.99. The number of ether oxygens (including phenoxy) is 1. The Balaban J connectivity index is 1.99. The SMILES string of the molecule is CCCOc1nc(N)nc(NC2CCN(C)C(C)C2)n1. The summed E-state index contributed by atoms with van der Waals surface area (Å²) in [5, 5.41) is 3.34. The van der Waals surface area contributed by atoms with Crippen LogP contribution in [0, 0.1) is 0 Å². The molecule has 20 heavy (non-hydrogen) atoms. The average Bonchev–Trinajstić information content (AvgIpc) is 2.40. The molecule has 3 N–H and O–H groups in total. The molecular weight excluding hydrogens is 256 g/mol. The standard InChI is InChI=1S/C13H24N6O/c1-4-7-20-13-17-11(14)16-12(18-13)15-10-5-6-19(3)9(2)8-10/h9-10H,4-8H2,1-3H3,(H3,14,15,16,17,18). The first-order valence-electron chi connectivity index (χ1n) is 7.19. The van der Waals surface area contributed by atoms with Gasteiger partial charge in [-0.2, -0.15) is 15.0 Å². The van der Waals surface area contributed by atoms with E-state index >= 15 is 0 Å². The van der Waals surface area contributed by atoms with E-state index in [-0.39, 0.29) is 5.95 Å². The molecular formula is C13H24N6O. The molecule has 1 aromatic heterocycles. The minimum atomic E-state index is 0.189. The fourth-order valence-electron chi connectivity index (χ4n) is 2.30. The van der Waals surface area contributed by atoms with Crippen molar-refractivity contribution in [1.82, 2.24) is 19.9 Å². The van der Waals surface area contributed by atoms with E-state index in [9.17, 15) is 0 Å². The maximum absolute atomic E-state index is 5.70. The van der Waals surface area contributed by atoms with E-state index in [2.05, 4.69) is 39.1 Å². The average molecular weight is 280 g/mol. The first-order chi connectivity index (χ1) is 9.58. The molecule has 0 aromatic carbocycles. The third kappa shape index (κ3) is 3.93. The Labute approximate surface area is 119 Å². The second kappa shape index (κ2) is 6.69. The zero-order valence-corrected chi connectivity index (χ0v) is 12.5. The van der Waals surface area contributed by atoms with Gasteiger partial charge >= 0.3 is 6.01 Å². The summed E-state index contributed by atoms with van der Waals surface area (Å²) >= 11 is 0. The highest BCUT2D eigenvalue weighted by molar-refractivity contribution is 5.33. The normalized spacial score (nSPS) is 23.6. The third-order valence-corrected chi connectivity index (χ3v) is 3.61. The van der Waals surface area contributed by atoms with E-state index in [1.54, 1.807) is 0 Å². The molecule has 2 heterocycles. The van der Waals surface area contributed by atoms with Crippen LogP contribution in [0.15, 0.2) is 0 Å². The fourth-order valence-corrected chi connectivity index (χ4v) is 2.30. The van der Waals surface area contributed by atoms with Gasteiger partial charge in [0.05, 0.1) is 6.61 Å². The number of anilines is 2. The number of rotatable bonds is 5. The zero-order chi connectivity index (χ0) is 14.5. The lowest BCUT2D eigenvalue weighted by Gasteiger charge is -2.35. The van der Waals surface area contributed by atoms with Gasteiger partial charge in [-0.1, -0.05) is 6.92 Å². The van der Waals surface area contributed by atoms with E-state index in [1.165, 1.54) is 0 Å². The van der Waals surface area contributed by atoms with Gasteiger partial charge in [0.15, 0.2) is 0 Å². The van der Waals surface area contributed by atoms with Gasteiger partial charge in [-0.15, -0.1) is 0 Å². The van der Waals surface area contributed by atoms with Crippen molar-refractivity contribution in [3.63, 3.8) is 0 Å². The molecule has 0 bridgehead atoms. The van der Waals surface area contributed by atoms with Crippen LogP contribution in [0.25, 0.3) is 0 Å². The molecule has 0 amide bonds. The number of nitrogens with zero attached hydrogens (tertiary/aromatic N) is 4. The Hall–Kier alpha value is -1.63. The van der Waals surface area contributed by atoms with Crippen molar-refractivity contribution in [3.8, 4) is 6.01 Å². The number of nitrogens with two attached hydrogens (primary N) is 1. The molecule has 0 aliphatic carbocycles. The second-order valence-corrected chi connectivity index (χ2v) is 5.34. The zero-order valence-electron chi connectivity index (χ0n) is 12.5. The molecule has 0 spiro atoms. The van der Waals surface area contributed by atoms with Crippen molar-refractivity contribution in [1.29, 1.82) is 0 Å². The summed E-state index contributed by atoms with van der Waals surface area (Å²) in [6, 6.07) is 1.21.